The SMILES string of the molecule is O=C([O-])CC[PH+](CCC(=O)[O-])CCC(=O)[O-]. The van der Waals surface area contributed by atoms with Crippen LogP contribution in [0.3, 0.4) is 0 Å². The van der Waals surface area contributed by atoms with Crippen LogP contribution in [0, 0.1) is 0 Å². The van der Waals surface area contributed by atoms with E-state index in [1.165, 1.54) is 0 Å². The fourth-order valence-electron chi connectivity index (χ4n) is 1.21. The molecule has 0 amide bonds. The Hall–Kier alpha value is -1.16. The molecule has 0 heterocycles. The Morgan fingerprint density at radius 1 is 0.688 bits per heavy atom. The summed E-state index contributed by atoms with van der Waals surface area (Å²) >= 11 is 0. The second kappa shape index (κ2) is 8.05. The number of carbonyl (C=O) groups is 3. The third kappa shape index (κ3) is 9.40. The Labute approximate surface area is 94.0 Å². The van der Waals surface area contributed by atoms with E-state index in [2.05, 4.69) is 0 Å². The molecule has 0 aromatic rings. The predicted molar refractivity (Wildman–Crippen MR) is 51.8 cm³/mol. The molecular weight excluding hydrogens is 235 g/mol. The van der Waals surface area contributed by atoms with E-state index in [0.717, 1.165) is 0 Å². The molecule has 6 nitrogen and oxygen atoms in total. The number of hydrogen-bond acceptors (Lipinski definition) is 6. The predicted octanol–water partition coefficient (Wildman–Crippen LogP) is -3.38. The molecule has 16 heavy (non-hydrogen) atoms. The molecule has 0 aliphatic heterocycles. The summed E-state index contributed by atoms with van der Waals surface area (Å²) in [4.78, 5) is 30.7. The van der Waals surface area contributed by atoms with E-state index < -0.39 is 25.8 Å². The van der Waals surface area contributed by atoms with Crippen LogP contribution < -0.4 is 15.3 Å². The molecule has 0 aromatic heterocycles. The van der Waals surface area contributed by atoms with Gasteiger partial charge in [-0.25, -0.2) is 0 Å². The van der Waals surface area contributed by atoms with Gasteiger partial charge in [0.15, 0.2) is 0 Å². The summed E-state index contributed by atoms with van der Waals surface area (Å²) in [5, 5.41) is 30.7. The van der Waals surface area contributed by atoms with Crippen molar-refractivity contribution in [2.24, 2.45) is 0 Å². The summed E-state index contributed by atoms with van der Waals surface area (Å²) < 4.78 is 0. The van der Waals surface area contributed by atoms with Crippen molar-refractivity contribution in [2.75, 3.05) is 18.5 Å². The molecule has 0 fully saturated rings. The quantitative estimate of drug-likeness (QED) is 0.392. The minimum absolute atomic E-state index is 0.158. The summed E-state index contributed by atoms with van der Waals surface area (Å²) in [6, 6.07) is 0. The van der Waals surface area contributed by atoms with Crippen molar-refractivity contribution in [1.82, 2.24) is 0 Å². The van der Waals surface area contributed by atoms with Crippen LogP contribution in [0.25, 0.3) is 0 Å². The van der Waals surface area contributed by atoms with Crippen LogP contribution >= 0.6 is 7.92 Å². The van der Waals surface area contributed by atoms with Crippen molar-refractivity contribution in [3.63, 3.8) is 0 Å². The highest BCUT2D eigenvalue weighted by atomic mass is 31.1. The normalized spacial score (nSPS) is 10.3. The maximum atomic E-state index is 10.2. The Bertz CT molecular complexity index is 222. The molecule has 0 aliphatic rings. The lowest BCUT2D eigenvalue weighted by Gasteiger charge is -2.12. The number of rotatable bonds is 9. The van der Waals surface area contributed by atoms with Gasteiger partial charge in [-0.05, 0) is 0 Å². The van der Waals surface area contributed by atoms with Crippen LogP contribution in [0.5, 0.6) is 0 Å². The smallest absolute Gasteiger partial charge is 0.0624 e. The molecule has 0 unspecified atom stereocenters. The fourth-order valence-corrected chi connectivity index (χ4v) is 3.63. The number of aliphatic carboxylic acids is 3. The van der Waals surface area contributed by atoms with E-state index in [1.807, 2.05) is 0 Å². The molecule has 0 aromatic carbocycles. The summed E-state index contributed by atoms with van der Waals surface area (Å²) in [6.07, 6.45) is 0.464. The first-order valence-electron chi connectivity index (χ1n) is 4.85. The van der Waals surface area contributed by atoms with Crippen molar-refractivity contribution >= 4 is 25.8 Å². The molecule has 0 aliphatic carbocycles. The van der Waals surface area contributed by atoms with Crippen LogP contribution in [-0.4, -0.2) is 36.4 Å². The minimum Gasteiger partial charge on any atom is -0.550 e. The maximum Gasteiger partial charge on any atom is 0.0624 e. The molecule has 0 N–H and O–H groups in total. The Morgan fingerprint density at radius 2 is 0.938 bits per heavy atom. The van der Waals surface area contributed by atoms with Crippen molar-refractivity contribution in [1.29, 1.82) is 0 Å². The van der Waals surface area contributed by atoms with E-state index >= 15 is 0 Å². The van der Waals surface area contributed by atoms with E-state index in [0.29, 0.717) is 18.5 Å². The van der Waals surface area contributed by atoms with Crippen molar-refractivity contribution < 1.29 is 29.7 Å². The van der Waals surface area contributed by atoms with Crippen LogP contribution in [0.4, 0.5) is 0 Å². The van der Waals surface area contributed by atoms with Gasteiger partial charge < -0.3 is 29.7 Å². The molecule has 0 bridgehead atoms. The maximum absolute atomic E-state index is 10.2. The first kappa shape index (κ1) is 14.8. The zero-order chi connectivity index (χ0) is 12.6. The lowest BCUT2D eigenvalue weighted by atomic mass is 10.5. The first-order valence-corrected chi connectivity index (χ1v) is 6.97. The lowest BCUT2D eigenvalue weighted by molar-refractivity contribution is -0.306. The first-order chi connectivity index (χ1) is 7.41. The van der Waals surface area contributed by atoms with Gasteiger partial charge in [-0.2, -0.15) is 0 Å². The molecule has 0 spiro atoms. The Morgan fingerprint density at radius 3 is 1.12 bits per heavy atom. The van der Waals surface area contributed by atoms with Crippen molar-refractivity contribution in [2.45, 2.75) is 19.3 Å². The van der Waals surface area contributed by atoms with Gasteiger partial charge in [0.25, 0.3) is 0 Å². The van der Waals surface area contributed by atoms with Crippen molar-refractivity contribution in [3.05, 3.63) is 0 Å². The van der Waals surface area contributed by atoms with Crippen LogP contribution in [-0.2, 0) is 14.4 Å². The van der Waals surface area contributed by atoms with Crippen LogP contribution in [0.2, 0.25) is 0 Å². The van der Waals surface area contributed by atoms with Gasteiger partial charge in [0.05, 0.1) is 18.5 Å². The Kier molecular flexibility index (Phi) is 7.46. The van der Waals surface area contributed by atoms with Gasteiger partial charge in [0.1, 0.15) is 0 Å². The molecule has 0 rings (SSSR count). The average Bonchev–Trinajstić information content (AvgIpc) is 2.15. The molecular formula is C9H13O6P-2. The number of carbonyl (C=O) groups excluding carboxylic acids is 3. The molecule has 0 saturated heterocycles. The summed E-state index contributed by atoms with van der Waals surface area (Å²) in [5.41, 5.74) is 0. The van der Waals surface area contributed by atoms with Gasteiger partial charge in [-0.3, -0.25) is 0 Å². The third-order valence-electron chi connectivity index (χ3n) is 2.05. The number of carboxylic acid groups (broad SMARTS) is 3. The van der Waals surface area contributed by atoms with Crippen LogP contribution in [0.15, 0.2) is 0 Å². The summed E-state index contributed by atoms with van der Waals surface area (Å²) in [5.74, 6) is -3.61. The van der Waals surface area contributed by atoms with E-state index in [4.69, 9.17) is 0 Å². The van der Waals surface area contributed by atoms with E-state index in [-0.39, 0.29) is 19.3 Å². The topological polar surface area (TPSA) is 120 Å². The second-order valence-corrected chi connectivity index (χ2v) is 6.37. The van der Waals surface area contributed by atoms with E-state index in [1.54, 1.807) is 0 Å². The molecule has 92 valence electrons. The van der Waals surface area contributed by atoms with Gasteiger partial charge in [0, 0.05) is 45.1 Å². The minimum atomic E-state index is -1.29. The monoisotopic (exact) mass is 248 g/mol. The standard InChI is InChI=1S/C9H15O6P/c10-7(11)1-4-16(5-2-8(12)13)6-3-9(14)15/h1-6H2,(H,10,11)(H,12,13)(H,14,15)/p-2. The largest absolute Gasteiger partial charge is 0.550 e. The lowest BCUT2D eigenvalue weighted by Crippen LogP contribution is -2.26. The highest BCUT2D eigenvalue weighted by molar-refractivity contribution is 7.57. The third-order valence-corrected chi connectivity index (χ3v) is 4.92. The molecule has 7 heteroatoms. The van der Waals surface area contributed by atoms with Crippen LogP contribution in [0.1, 0.15) is 19.3 Å². The zero-order valence-electron chi connectivity index (χ0n) is 8.69. The molecule has 0 atom stereocenters. The zero-order valence-corrected chi connectivity index (χ0v) is 9.69. The van der Waals surface area contributed by atoms with Gasteiger partial charge in [-0.15, -0.1) is 0 Å². The fraction of sp³-hybridized carbons (Fsp3) is 0.667. The summed E-state index contributed by atoms with van der Waals surface area (Å²) in [7, 11) is -1.29. The number of hydrogen-bond donors (Lipinski definition) is 0. The van der Waals surface area contributed by atoms with E-state index in [9.17, 15) is 29.7 Å². The highest BCUT2D eigenvalue weighted by Crippen LogP contribution is 2.37. The average molecular weight is 248 g/mol. The summed E-state index contributed by atoms with van der Waals surface area (Å²) in [6.45, 7) is 0. The number of carboxylic acids is 3. The highest BCUT2D eigenvalue weighted by Gasteiger charge is 2.15. The molecule has 0 saturated carbocycles. The molecule has 0 radical (unpaired) electrons. The Balaban J connectivity index is 3.98. The van der Waals surface area contributed by atoms with Gasteiger partial charge in [0.2, 0.25) is 0 Å². The van der Waals surface area contributed by atoms with Crippen molar-refractivity contribution in [3.8, 4) is 0 Å². The second-order valence-electron chi connectivity index (χ2n) is 3.37. The van der Waals surface area contributed by atoms with Gasteiger partial charge in [-0.1, -0.05) is 0 Å². The van der Waals surface area contributed by atoms with Gasteiger partial charge >= 0.3 is 0 Å².